The molecule has 0 radical (unpaired) electrons. The predicted octanol–water partition coefficient (Wildman–Crippen LogP) is 4.25. The Hall–Kier alpha value is 0. The van der Waals surface area contributed by atoms with Gasteiger partial charge in [0.15, 0.2) is 0 Å². The fraction of sp³-hybridized carbons (Fsp3) is 1.00. The second kappa shape index (κ2) is 4.13. The zero-order chi connectivity index (χ0) is 7.61. The summed E-state index contributed by atoms with van der Waals surface area (Å²) in [5.74, 6) is 0.903. The number of hydrogen-bond acceptors (Lipinski definition) is 0. The summed E-state index contributed by atoms with van der Waals surface area (Å²) in [5, 5.41) is 0. The third-order valence-electron chi connectivity index (χ3n) is 3.53. The quantitative estimate of drug-likeness (QED) is 0.560. The Morgan fingerprint density at radius 1 is 1.18 bits per heavy atom. The molecule has 0 aromatic carbocycles. The molecule has 1 saturated carbocycles. The van der Waals surface area contributed by atoms with Crippen LogP contribution in [-0.2, 0) is 0 Å². The Morgan fingerprint density at radius 2 is 1.64 bits per heavy atom. The molecule has 1 aliphatic carbocycles. The van der Waals surface area contributed by atoms with Gasteiger partial charge in [0.2, 0.25) is 0 Å². The fourth-order valence-corrected chi connectivity index (χ4v) is 2.42. The van der Waals surface area contributed by atoms with E-state index in [1.165, 1.54) is 32.1 Å². The van der Waals surface area contributed by atoms with Gasteiger partial charge >= 0.3 is 0 Å². The molecule has 0 heterocycles. The smallest absolute Gasteiger partial charge is 0.0277 e. The van der Waals surface area contributed by atoms with Crippen LogP contribution in [0.2, 0.25) is 0 Å². The molecular weight excluding hydrogens is 132 g/mol. The highest BCUT2D eigenvalue weighted by Crippen LogP contribution is 2.46. The van der Waals surface area contributed by atoms with Crippen molar-refractivity contribution in [1.82, 2.24) is 0 Å². The summed E-state index contributed by atoms with van der Waals surface area (Å²) in [6.45, 7) is 7.12. The van der Waals surface area contributed by atoms with E-state index in [1.54, 1.807) is 0 Å². The molecule has 0 heteroatoms. The van der Waals surface area contributed by atoms with Gasteiger partial charge in [0.25, 0.3) is 0 Å². The molecule has 0 aromatic rings. The highest BCUT2D eigenvalue weighted by Gasteiger charge is 2.34. The van der Waals surface area contributed by atoms with Gasteiger partial charge in [0, 0.05) is 0 Å². The molecule has 68 valence electrons. The van der Waals surface area contributed by atoms with Crippen molar-refractivity contribution in [2.75, 3.05) is 0 Å². The summed E-state index contributed by atoms with van der Waals surface area (Å²) in [6, 6.07) is 0. The van der Waals surface area contributed by atoms with Crippen molar-refractivity contribution in [3.8, 4) is 0 Å². The van der Waals surface area contributed by atoms with Crippen LogP contribution in [0.4, 0.5) is 0 Å². The molecule has 0 aromatic heterocycles. The van der Waals surface area contributed by atoms with Crippen LogP contribution in [0.1, 0.15) is 60.3 Å². The van der Waals surface area contributed by atoms with Crippen molar-refractivity contribution >= 4 is 0 Å². The second-order valence-corrected chi connectivity index (χ2v) is 4.08. The zero-order valence-electron chi connectivity index (χ0n) is 7.61. The summed E-state index contributed by atoms with van der Waals surface area (Å²) in [7, 11) is 0. The lowest BCUT2D eigenvalue weighted by molar-refractivity contribution is 0.188. The molecule has 1 aliphatic rings. The van der Waals surface area contributed by atoms with Crippen LogP contribution < -0.4 is 0 Å². The van der Waals surface area contributed by atoms with Crippen LogP contribution in [0, 0.1) is 11.3 Å². The Balaban J connectivity index is 0.000001000. The van der Waals surface area contributed by atoms with Gasteiger partial charge in [-0.05, 0) is 24.2 Å². The molecule has 0 atom stereocenters. The lowest BCUT2D eigenvalue weighted by Gasteiger charge is -2.32. The Labute approximate surface area is 72.4 Å². The normalized spacial score (nSPS) is 21.8. The maximum absolute atomic E-state index is 2.38. The molecular formula is C11H24. The lowest BCUT2D eigenvalue weighted by Crippen LogP contribution is -2.22. The first kappa shape index (κ1) is 11.0. The SMILES string of the molecule is C.CCC1(C(C)C)CCCC1. The van der Waals surface area contributed by atoms with E-state index in [2.05, 4.69) is 20.8 Å². The molecule has 1 fully saturated rings. The van der Waals surface area contributed by atoms with E-state index >= 15 is 0 Å². The van der Waals surface area contributed by atoms with Crippen molar-refractivity contribution in [3.63, 3.8) is 0 Å². The maximum atomic E-state index is 2.38. The van der Waals surface area contributed by atoms with Crippen LogP contribution >= 0.6 is 0 Å². The zero-order valence-corrected chi connectivity index (χ0v) is 7.61. The Morgan fingerprint density at radius 3 is 1.82 bits per heavy atom. The van der Waals surface area contributed by atoms with Crippen LogP contribution in [0.5, 0.6) is 0 Å². The predicted molar refractivity (Wildman–Crippen MR) is 52.8 cm³/mol. The fourth-order valence-electron chi connectivity index (χ4n) is 2.42. The first-order valence-electron chi connectivity index (χ1n) is 4.71. The monoisotopic (exact) mass is 156 g/mol. The number of hydrogen-bond donors (Lipinski definition) is 0. The van der Waals surface area contributed by atoms with E-state index in [-0.39, 0.29) is 7.43 Å². The van der Waals surface area contributed by atoms with Gasteiger partial charge in [-0.3, -0.25) is 0 Å². The highest BCUT2D eigenvalue weighted by atomic mass is 14.4. The van der Waals surface area contributed by atoms with Crippen molar-refractivity contribution in [3.05, 3.63) is 0 Å². The van der Waals surface area contributed by atoms with Crippen molar-refractivity contribution in [1.29, 1.82) is 0 Å². The molecule has 0 N–H and O–H groups in total. The molecule has 0 aliphatic heterocycles. The van der Waals surface area contributed by atoms with Crippen molar-refractivity contribution < 1.29 is 0 Å². The molecule has 1 rings (SSSR count). The second-order valence-electron chi connectivity index (χ2n) is 4.08. The summed E-state index contributed by atoms with van der Waals surface area (Å²) in [6.07, 6.45) is 7.32. The topological polar surface area (TPSA) is 0 Å². The average molecular weight is 156 g/mol. The van der Waals surface area contributed by atoms with Crippen LogP contribution in [0.25, 0.3) is 0 Å². The molecule has 0 unspecified atom stereocenters. The average Bonchev–Trinajstić information content (AvgIpc) is 2.35. The minimum atomic E-state index is 0. The van der Waals surface area contributed by atoms with Crippen LogP contribution in [-0.4, -0.2) is 0 Å². The molecule has 0 bridgehead atoms. The van der Waals surface area contributed by atoms with E-state index in [1.807, 2.05) is 0 Å². The van der Waals surface area contributed by atoms with Gasteiger partial charge in [-0.2, -0.15) is 0 Å². The van der Waals surface area contributed by atoms with Crippen LogP contribution in [0.15, 0.2) is 0 Å². The first-order valence-corrected chi connectivity index (χ1v) is 4.71. The van der Waals surface area contributed by atoms with E-state index in [0.29, 0.717) is 0 Å². The highest BCUT2D eigenvalue weighted by molar-refractivity contribution is 4.85. The minimum Gasteiger partial charge on any atom is -0.0776 e. The van der Waals surface area contributed by atoms with Crippen molar-refractivity contribution in [2.24, 2.45) is 11.3 Å². The summed E-state index contributed by atoms with van der Waals surface area (Å²) < 4.78 is 0. The first-order chi connectivity index (χ1) is 4.71. The van der Waals surface area contributed by atoms with Gasteiger partial charge < -0.3 is 0 Å². The molecule has 0 amide bonds. The van der Waals surface area contributed by atoms with Gasteiger partial charge in [0.05, 0.1) is 0 Å². The molecule has 11 heavy (non-hydrogen) atoms. The third-order valence-corrected chi connectivity index (χ3v) is 3.53. The van der Waals surface area contributed by atoms with E-state index in [4.69, 9.17) is 0 Å². The maximum Gasteiger partial charge on any atom is -0.0277 e. The standard InChI is InChI=1S/C10H20.CH4/c1-4-10(9(2)3)7-5-6-8-10;/h9H,4-8H2,1-3H3;1H4. The summed E-state index contributed by atoms with van der Waals surface area (Å²) >= 11 is 0. The van der Waals surface area contributed by atoms with Gasteiger partial charge in [-0.1, -0.05) is 47.5 Å². The third kappa shape index (κ3) is 1.98. The lowest BCUT2D eigenvalue weighted by atomic mass is 9.74. The minimum absolute atomic E-state index is 0. The largest absolute Gasteiger partial charge is 0.0776 e. The van der Waals surface area contributed by atoms with Crippen LogP contribution in [0.3, 0.4) is 0 Å². The van der Waals surface area contributed by atoms with Gasteiger partial charge in [-0.25, -0.2) is 0 Å². The van der Waals surface area contributed by atoms with Gasteiger partial charge in [0.1, 0.15) is 0 Å². The van der Waals surface area contributed by atoms with Crippen molar-refractivity contribution in [2.45, 2.75) is 60.3 Å². The van der Waals surface area contributed by atoms with E-state index in [0.717, 1.165) is 11.3 Å². The van der Waals surface area contributed by atoms with E-state index in [9.17, 15) is 0 Å². The molecule has 0 nitrogen and oxygen atoms in total. The molecule has 0 spiro atoms. The Bertz CT molecular complexity index is 96.6. The molecule has 0 saturated heterocycles. The summed E-state index contributed by atoms with van der Waals surface area (Å²) in [5.41, 5.74) is 0.736. The Kier molecular flexibility index (Phi) is 4.13. The number of rotatable bonds is 2. The van der Waals surface area contributed by atoms with Gasteiger partial charge in [-0.15, -0.1) is 0 Å². The summed E-state index contributed by atoms with van der Waals surface area (Å²) in [4.78, 5) is 0. The van der Waals surface area contributed by atoms with E-state index < -0.39 is 0 Å².